The number of hydrogen-bond donors (Lipinski definition) is 1. The zero-order valence-corrected chi connectivity index (χ0v) is 10.8. The predicted molar refractivity (Wildman–Crippen MR) is 73.8 cm³/mol. The molecule has 0 aliphatic carbocycles. The summed E-state index contributed by atoms with van der Waals surface area (Å²) < 4.78 is 9.99. The molecule has 0 unspecified atom stereocenters. The van der Waals surface area contributed by atoms with Crippen molar-refractivity contribution in [1.82, 2.24) is 0 Å². The number of ether oxygens (including phenoxy) is 2. The van der Waals surface area contributed by atoms with Gasteiger partial charge in [-0.15, -0.1) is 0 Å². The molecule has 5 heteroatoms. The van der Waals surface area contributed by atoms with Crippen molar-refractivity contribution in [3.63, 3.8) is 0 Å². The summed E-state index contributed by atoms with van der Waals surface area (Å²) in [5.41, 5.74) is 0.626. The third kappa shape index (κ3) is 4.13. The van der Waals surface area contributed by atoms with Crippen LogP contribution in [0.5, 0.6) is 11.5 Å². The van der Waals surface area contributed by atoms with E-state index in [9.17, 15) is 9.59 Å². The molecule has 1 N–H and O–H groups in total. The van der Waals surface area contributed by atoms with Crippen molar-refractivity contribution >= 4 is 17.7 Å². The maximum absolute atomic E-state index is 11.5. The minimum atomic E-state index is -0.816. The molecule has 0 aromatic heterocycles. The summed E-state index contributed by atoms with van der Waals surface area (Å²) in [6.07, 6.45) is -0.816. The first-order chi connectivity index (χ1) is 9.63. The van der Waals surface area contributed by atoms with Crippen LogP contribution in [0.3, 0.4) is 0 Å². The van der Waals surface area contributed by atoms with Crippen molar-refractivity contribution < 1.29 is 19.1 Å². The van der Waals surface area contributed by atoms with Gasteiger partial charge in [-0.2, -0.15) is 0 Å². The normalized spacial score (nSPS) is 9.65. The molecule has 0 radical (unpaired) electrons. The summed E-state index contributed by atoms with van der Waals surface area (Å²) in [6, 6.07) is 15.0. The molecule has 0 bridgehead atoms. The molecule has 0 spiro atoms. The van der Waals surface area contributed by atoms with Crippen molar-refractivity contribution in [2.75, 3.05) is 5.32 Å². The molecule has 1 amide bonds. The van der Waals surface area contributed by atoms with Crippen LogP contribution in [0.4, 0.5) is 10.5 Å². The summed E-state index contributed by atoms with van der Waals surface area (Å²) >= 11 is 0. The van der Waals surface area contributed by atoms with Gasteiger partial charge in [-0.25, -0.2) is 4.79 Å². The highest BCUT2D eigenvalue weighted by molar-refractivity contribution is 5.88. The Morgan fingerprint density at radius 3 is 1.95 bits per heavy atom. The van der Waals surface area contributed by atoms with E-state index in [1.54, 1.807) is 48.5 Å². The average Bonchev–Trinajstić information content (AvgIpc) is 2.41. The average molecular weight is 271 g/mol. The van der Waals surface area contributed by atoms with Gasteiger partial charge >= 0.3 is 6.16 Å². The predicted octanol–water partition coefficient (Wildman–Crippen LogP) is 3.22. The highest BCUT2D eigenvalue weighted by Gasteiger charge is 2.07. The van der Waals surface area contributed by atoms with Crippen molar-refractivity contribution in [2.24, 2.45) is 0 Å². The highest BCUT2D eigenvalue weighted by Crippen LogP contribution is 2.17. The van der Waals surface area contributed by atoms with Crippen LogP contribution in [0.1, 0.15) is 6.92 Å². The number of para-hydroxylation sites is 1. The Morgan fingerprint density at radius 2 is 1.40 bits per heavy atom. The number of carbonyl (C=O) groups excluding carboxylic acids is 2. The zero-order chi connectivity index (χ0) is 14.4. The zero-order valence-electron chi connectivity index (χ0n) is 10.8. The molecule has 0 saturated heterocycles. The van der Waals surface area contributed by atoms with E-state index in [2.05, 4.69) is 5.32 Å². The Morgan fingerprint density at radius 1 is 0.850 bits per heavy atom. The van der Waals surface area contributed by atoms with Crippen LogP contribution < -0.4 is 14.8 Å². The van der Waals surface area contributed by atoms with Crippen LogP contribution in [0.2, 0.25) is 0 Å². The van der Waals surface area contributed by atoms with Crippen LogP contribution in [0.15, 0.2) is 54.6 Å². The summed E-state index contributed by atoms with van der Waals surface area (Å²) in [7, 11) is 0. The minimum absolute atomic E-state index is 0.165. The minimum Gasteiger partial charge on any atom is -0.395 e. The van der Waals surface area contributed by atoms with E-state index in [1.807, 2.05) is 6.07 Å². The number of carbonyl (C=O) groups is 2. The van der Waals surface area contributed by atoms with Gasteiger partial charge in [0, 0.05) is 12.6 Å². The molecule has 102 valence electrons. The molecule has 2 rings (SSSR count). The van der Waals surface area contributed by atoms with E-state index in [0.29, 0.717) is 17.2 Å². The van der Waals surface area contributed by atoms with Gasteiger partial charge in [-0.1, -0.05) is 18.2 Å². The molecular weight excluding hydrogens is 258 g/mol. The standard InChI is InChI=1S/C15H13NO4/c1-11(17)16-12-7-9-14(10-8-12)20-15(18)19-13-5-3-2-4-6-13/h2-10H,1H3,(H,16,17). The summed E-state index contributed by atoms with van der Waals surface area (Å²) in [4.78, 5) is 22.4. The number of nitrogens with one attached hydrogen (secondary N) is 1. The molecule has 0 heterocycles. The summed E-state index contributed by atoms with van der Waals surface area (Å²) in [6.45, 7) is 1.42. The summed E-state index contributed by atoms with van der Waals surface area (Å²) in [5, 5.41) is 2.61. The van der Waals surface area contributed by atoms with Crippen LogP contribution in [-0.2, 0) is 4.79 Å². The number of anilines is 1. The third-order valence-electron chi connectivity index (χ3n) is 2.32. The van der Waals surface area contributed by atoms with E-state index in [4.69, 9.17) is 9.47 Å². The molecule has 2 aromatic rings. The Labute approximate surface area is 116 Å². The SMILES string of the molecule is CC(=O)Nc1ccc(OC(=O)Oc2ccccc2)cc1. The number of rotatable bonds is 3. The molecule has 0 aliphatic rings. The second-order valence-corrected chi connectivity index (χ2v) is 3.97. The van der Waals surface area contributed by atoms with Crippen LogP contribution >= 0.6 is 0 Å². The van der Waals surface area contributed by atoms with Crippen molar-refractivity contribution in [2.45, 2.75) is 6.92 Å². The first-order valence-corrected chi connectivity index (χ1v) is 5.96. The van der Waals surface area contributed by atoms with Gasteiger partial charge in [0.15, 0.2) is 0 Å². The molecule has 0 saturated carbocycles. The van der Waals surface area contributed by atoms with Crippen molar-refractivity contribution in [3.8, 4) is 11.5 Å². The van der Waals surface area contributed by atoms with Crippen LogP contribution in [0, 0.1) is 0 Å². The van der Waals surface area contributed by atoms with E-state index in [1.165, 1.54) is 6.92 Å². The first-order valence-electron chi connectivity index (χ1n) is 5.96. The van der Waals surface area contributed by atoms with E-state index in [0.717, 1.165) is 0 Å². The Hall–Kier alpha value is -2.82. The Bertz CT molecular complexity index is 593. The fraction of sp³-hybridized carbons (Fsp3) is 0.0667. The van der Waals surface area contributed by atoms with Crippen LogP contribution in [-0.4, -0.2) is 12.1 Å². The maximum atomic E-state index is 11.5. The van der Waals surface area contributed by atoms with Crippen molar-refractivity contribution in [1.29, 1.82) is 0 Å². The fourth-order valence-corrected chi connectivity index (χ4v) is 1.51. The lowest BCUT2D eigenvalue weighted by molar-refractivity contribution is -0.114. The molecule has 0 fully saturated rings. The first kappa shape index (κ1) is 13.6. The van der Waals surface area contributed by atoms with Gasteiger partial charge in [-0.3, -0.25) is 4.79 Å². The smallest absolute Gasteiger partial charge is 0.395 e. The van der Waals surface area contributed by atoms with E-state index in [-0.39, 0.29) is 5.91 Å². The van der Waals surface area contributed by atoms with Gasteiger partial charge in [0.2, 0.25) is 5.91 Å². The lowest BCUT2D eigenvalue weighted by Crippen LogP contribution is -2.13. The maximum Gasteiger partial charge on any atom is 0.519 e. The largest absolute Gasteiger partial charge is 0.519 e. The summed E-state index contributed by atoms with van der Waals surface area (Å²) in [5.74, 6) is 0.578. The van der Waals surface area contributed by atoms with Gasteiger partial charge in [0.1, 0.15) is 11.5 Å². The molecule has 0 aliphatic heterocycles. The lowest BCUT2D eigenvalue weighted by Gasteiger charge is -2.06. The third-order valence-corrected chi connectivity index (χ3v) is 2.32. The Balaban J connectivity index is 1.93. The topological polar surface area (TPSA) is 64.6 Å². The molecule has 0 atom stereocenters. The molecule has 20 heavy (non-hydrogen) atoms. The van der Waals surface area contributed by atoms with Gasteiger partial charge in [0.05, 0.1) is 0 Å². The monoisotopic (exact) mass is 271 g/mol. The van der Waals surface area contributed by atoms with Gasteiger partial charge < -0.3 is 14.8 Å². The molecular formula is C15H13NO4. The number of amides is 1. The quantitative estimate of drug-likeness (QED) is 0.687. The molecule has 2 aromatic carbocycles. The van der Waals surface area contributed by atoms with Gasteiger partial charge in [-0.05, 0) is 36.4 Å². The Kier molecular flexibility index (Phi) is 4.34. The fourth-order valence-electron chi connectivity index (χ4n) is 1.51. The van der Waals surface area contributed by atoms with Gasteiger partial charge in [0.25, 0.3) is 0 Å². The second-order valence-electron chi connectivity index (χ2n) is 3.97. The second kappa shape index (κ2) is 6.38. The van der Waals surface area contributed by atoms with E-state index < -0.39 is 6.16 Å². The highest BCUT2D eigenvalue weighted by atomic mass is 16.7. The van der Waals surface area contributed by atoms with Crippen molar-refractivity contribution in [3.05, 3.63) is 54.6 Å². The van der Waals surface area contributed by atoms with E-state index >= 15 is 0 Å². The number of hydrogen-bond acceptors (Lipinski definition) is 4. The van der Waals surface area contributed by atoms with Crippen LogP contribution in [0.25, 0.3) is 0 Å². The number of benzene rings is 2. The molecule has 5 nitrogen and oxygen atoms in total. The lowest BCUT2D eigenvalue weighted by atomic mass is 10.3.